The summed E-state index contributed by atoms with van der Waals surface area (Å²) in [6, 6.07) is 0. The highest BCUT2D eigenvalue weighted by molar-refractivity contribution is 5.68. The van der Waals surface area contributed by atoms with Crippen LogP contribution in [0.2, 0.25) is 0 Å². The van der Waals surface area contributed by atoms with Crippen molar-refractivity contribution in [3.8, 4) is 0 Å². The summed E-state index contributed by atoms with van der Waals surface area (Å²) in [5, 5.41) is 0. The zero-order chi connectivity index (χ0) is 11.8. The molecule has 4 nitrogen and oxygen atoms in total. The summed E-state index contributed by atoms with van der Waals surface area (Å²) >= 11 is 0. The van der Waals surface area contributed by atoms with Crippen molar-refractivity contribution in [2.24, 2.45) is 0 Å². The zero-order valence-corrected chi connectivity index (χ0v) is 9.29. The fourth-order valence-electron chi connectivity index (χ4n) is 1.81. The van der Waals surface area contributed by atoms with E-state index in [0.717, 1.165) is 13.1 Å². The second-order valence-electron chi connectivity index (χ2n) is 4.46. The Morgan fingerprint density at radius 3 is 2.38 bits per heavy atom. The lowest BCUT2D eigenvalue weighted by Gasteiger charge is -2.38. The molecule has 0 spiro atoms. The van der Waals surface area contributed by atoms with E-state index < -0.39 is 18.1 Å². The van der Waals surface area contributed by atoms with Crippen molar-refractivity contribution < 1.29 is 18.3 Å². The summed E-state index contributed by atoms with van der Waals surface area (Å²) in [6.45, 7) is 2.62. The van der Waals surface area contributed by atoms with E-state index in [9.17, 15) is 13.6 Å². The van der Waals surface area contributed by atoms with Gasteiger partial charge in [-0.2, -0.15) is 0 Å². The van der Waals surface area contributed by atoms with Crippen LogP contribution in [-0.2, 0) is 4.74 Å². The first-order valence-corrected chi connectivity index (χ1v) is 5.51. The number of halogens is 2. The molecular formula is C10H16F2N2O2. The smallest absolute Gasteiger partial charge is 0.410 e. The first kappa shape index (κ1) is 11.6. The molecule has 1 saturated carbocycles. The molecule has 1 heterocycles. The van der Waals surface area contributed by atoms with Gasteiger partial charge in [0.25, 0.3) is 5.92 Å². The van der Waals surface area contributed by atoms with Crippen LogP contribution in [0.4, 0.5) is 13.6 Å². The van der Waals surface area contributed by atoms with E-state index in [1.807, 2.05) is 7.05 Å². The standard InChI is InChI=1S/C10H16F2N2O2/c1-13-4-6-14(7-5-13)9(15)16-8-2-3-10(8,11)12/h8H,2-7H2,1H3. The summed E-state index contributed by atoms with van der Waals surface area (Å²) in [6.07, 6.45) is -1.71. The molecule has 1 aliphatic heterocycles. The van der Waals surface area contributed by atoms with Gasteiger partial charge < -0.3 is 14.5 Å². The van der Waals surface area contributed by atoms with Gasteiger partial charge in [-0.25, -0.2) is 13.6 Å². The Kier molecular flexibility index (Phi) is 3.01. The zero-order valence-electron chi connectivity index (χ0n) is 9.29. The van der Waals surface area contributed by atoms with E-state index in [0.29, 0.717) is 13.1 Å². The molecule has 0 bridgehead atoms. The molecule has 1 saturated heterocycles. The quantitative estimate of drug-likeness (QED) is 0.682. The minimum absolute atomic E-state index is 0.173. The number of alkyl halides is 2. The van der Waals surface area contributed by atoms with Gasteiger partial charge in [-0.05, 0) is 13.5 Å². The lowest BCUT2D eigenvalue weighted by atomic mass is 9.91. The monoisotopic (exact) mass is 234 g/mol. The summed E-state index contributed by atoms with van der Waals surface area (Å²) in [5.74, 6) is -2.82. The van der Waals surface area contributed by atoms with Crippen LogP contribution in [0.1, 0.15) is 12.8 Å². The molecule has 1 aliphatic carbocycles. The van der Waals surface area contributed by atoms with Crippen molar-refractivity contribution in [1.82, 2.24) is 9.80 Å². The van der Waals surface area contributed by atoms with Gasteiger partial charge in [-0.3, -0.25) is 0 Å². The minimum Gasteiger partial charge on any atom is -0.440 e. The molecular weight excluding hydrogens is 218 g/mol. The van der Waals surface area contributed by atoms with E-state index in [2.05, 4.69) is 4.90 Å². The summed E-state index contributed by atoms with van der Waals surface area (Å²) in [4.78, 5) is 15.1. The van der Waals surface area contributed by atoms with Crippen molar-refractivity contribution in [3.05, 3.63) is 0 Å². The van der Waals surface area contributed by atoms with E-state index in [4.69, 9.17) is 4.74 Å². The highest BCUT2D eigenvalue weighted by Gasteiger charge is 2.51. The molecule has 92 valence electrons. The summed E-state index contributed by atoms with van der Waals surface area (Å²) in [7, 11) is 1.96. The van der Waals surface area contributed by atoms with Gasteiger partial charge in [-0.15, -0.1) is 0 Å². The SMILES string of the molecule is CN1CCN(C(=O)OC2CCC2(F)F)CC1. The molecule has 0 radical (unpaired) electrons. The number of piperazine rings is 1. The number of ether oxygens (including phenoxy) is 1. The Labute approximate surface area is 93.1 Å². The van der Waals surface area contributed by atoms with E-state index in [1.165, 1.54) is 4.90 Å². The van der Waals surface area contributed by atoms with Crippen LogP contribution in [0.15, 0.2) is 0 Å². The lowest BCUT2D eigenvalue weighted by molar-refractivity contribution is -0.179. The van der Waals surface area contributed by atoms with Gasteiger partial charge in [0.2, 0.25) is 0 Å². The Morgan fingerprint density at radius 1 is 1.31 bits per heavy atom. The number of carbonyl (C=O) groups is 1. The molecule has 1 amide bonds. The van der Waals surface area contributed by atoms with E-state index in [1.54, 1.807) is 0 Å². The second kappa shape index (κ2) is 4.16. The first-order chi connectivity index (χ1) is 7.49. The third-order valence-electron chi connectivity index (χ3n) is 3.22. The number of hydrogen-bond donors (Lipinski definition) is 0. The second-order valence-corrected chi connectivity index (χ2v) is 4.46. The minimum atomic E-state index is -2.82. The highest BCUT2D eigenvalue weighted by atomic mass is 19.3. The van der Waals surface area contributed by atoms with Gasteiger partial charge in [-0.1, -0.05) is 0 Å². The highest BCUT2D eigenvalue weighted by Crippen LogP contribution is 2.40. The fraction of sp³-hybridized carbons (Fsp3) is 0.900. The Balaban J connectivity index is 1.80. The van der Waals surface area contributed by atoms with Crippen molar-refractivity contribution in [3.63, 3.8) is 0 Å². The predicted molar refractivity (Wildman–Crippen MR) is 53.5 cm³/mol. The maximum Gasteiger partial charge on any atom is 0.410 e. The number of carbonyl (C=O) groups excluding carboxylic acids is 1. The maximum absolute atomic E-state index is 12.9. The molecule has 0 N–H and O–H groups in total. The fourth-order valence-corrected chi connectivity index (χ4v) is 1.81. The van der Waals surface area contributed by atoms with Gasteiger partial charge in [0, 0.05) is 32.6 Å². The normalized spacial score (nSPS) is 29.7. The van der Waals surface area contributed by atoms with E-state index in [-0.39, 0.29) is 12.8 Å². The topological polar surface area (TPSA) is 32.8 Å². The number of amides is 1. The molecule has 0 aromatic heterocycles. The van der Waals surface area contributed by atoms with Crippen molar-refractivity contribution in [2.45, 2.75) is 24.9 Å². The molecule has 2 fully saturated rings. The molecule has 0 aromatic carbocycles. The van der Waals surface area contributed by atoms with Crippen LogP contribution in [0.5, 0.6) is 0 Å². The van der Waals surface area contributed by atoms with Crippen LogP contribution in [0, 0.1) is 0 Å². The largest absolute Gasteiger partial charge is 0.440 e. The van der Waals surface area contributed by atoms with Gasteiger partial charge in [0.1, 0.15) is 0 Å². The third-order valence-corrected chi connectivity index (χ3v) is 3.22. The third kappa shape index (κ3) is 2.26. The molecule has 16 heavy (non-hydrogen) atoms. The average molecular weight is 234 g/mol. The van der Waals surface area contributed by atoms with Crippen molar-refractivity contribution >= 4 is 6.09 Å². The van der Waals surface area contributed by atoms with Crippen LogP contribution in [-0.4, -0.2) is 61.1 Å². The van der Waals surface area contributed by atoms with Gasteiger partial charge in [0.05, 0.1) is 0 Å². The predicted octanol–water partition coefficient (Wildman–Crippen LogP) is 1.17. The summed E-state index contributed by atoms with van der Waals surface area (Å²) < 4.78 is 30.6. The van der Waals surface area contributed by atoms with Crippen molar-refractivity contribution in [1.29, 1.82) is 0 Å². The van der Waals surface area contributed by atoms with Crippen LogP contribution in [0.25, 0.3) is 0 Å². The molecule has 2 rings (SSSR count). The Hall–Kier alpha value is -0.910. The molecule has 1 unspecified atom stereocenters. The van der Waals surface area contributed by atoms with Gasteiger partial charge >= 0.3 is 6.09 Å². The van der Waals surface area contributed by atoms with Crippen LogP contribution >= 0.6 is 0 Å². The van der Waals surface area contributed by atoms with Crippen LogP contribution in [0.3, 0.4) is 0 Å². The van der Waals surface area contributed by atoms with Crippen LogP contribution < -0.4 is 0 Å². The van der Waals surface area contributed by atoms with E-state index >= 15 is 0 Å². The summed E-state index contributed by atoms with van der Waals surface area (Å²) in [5.41, 5.74) is 0. The Morgan fingerprint density at radius 2 is 1.94 bits per heavy atom. The first-order valence-electron chi connectivity index (χ1n) is 5.51. The number of rotatable bonds is 1. The number of hydrogen-bond acceptors (Lipinski definition) is 3. The lowest BCUT2D eigenvalue weighted by Crippen LogP contribution is -2.52. The maximum atomic E-state index is 12.9. The van der Waals surface area contributed by atoms with Gasteiger partial charge in [0.15, 0.2) is 6.10 Å². The van der Waals surface area contributed by atoms with Crippen molar-refractivity contribution in [2.75, 3.05) is 33.2 Å². The molecule has 0 aromatic rings. The number of likely N-dealkylation sites (N-methyl/N-ethyl adjacent to an activating group) is 1. The molecule has 6 heteroatoms. The number of nitrogens with zero attached hydrogens (tertiary/aromatic N) is 2. The molecule has 1 atom stereocenters. The molecule has 2 aliphatic rings. The average Bonchev–Trinajstić information content (AvgIpc) is 2.25. The Bertz CT molecular complexity index is 278.